The van der Waals surface area contributed by atoms with Gasteiger partial charge in [-0.2, -0.15) is 0 Å². The van der Waals surface area contributed by atoms with Crippen molar-refractivity contribution in [1.29, 1.82) is 0 Å². The van der Waals surface area contributed by atoms with Crippen molar-refractivity contribution in [3.05, 3.63) is 71.7 Å². The van der Waals surface area contributed by atoms with E-state index in [0.29, 0.717) is 25.0 Å². The number of aliphatic hydroxyl groups is 1. The van der Waals surface area contributed by atoms with Crippen LogP contribution < -0.4 is 5.32 Å². The van der Waals surface area contributed by atoms with Crippen LogP contribution >= 0.6 is 0 Å². The fraction of sp³-hybridized carbons (Fsp3) is 0.543. The molecule has 0 bridgehead atoms. The molecule has 3 aromatic rings. The Morgan fingerprint density at radius 2 is 1.74 bits per heavy atom. The first kappa shape index (κ1) is 33.8. The first-order valence-corrected chi connectivity index (χ1v) is 16.0. The van der Waals surface area contributed by atoms with Crippen molar-refractivity contribution in [3.8, 4) is 0 Å². The van der Waals surface area contributed by atoms with Gasteiger partial charge in [0.25, 0.3) is 0 Å². The van der Waals surface area contributed by atoms with Gasteiger partial charge in [0.2, 0.25) is 12.3 Å². The molecule has 2 fully saturated rings. The number of benzene rings is 2. The molecule has 2 aliphatic rings. The number of ether oxygens (including phenoxy) is 3. The number of hydrogen-bond donors (Lipinski definition) is 3. The lowest BCUT2D eigenvalue weighted by Crippen LogP contribution is -2.59. The molecule has 250 valence electrons. The number of rotatable bonds is 9. The van der Waals surface area contributed by atoms with E-state index < -0.39 is 41.9 Å². The van der Waals surface area contributed by atoms with Crippen molar-refractivity contribution in [2.24, 2.45) is 0 Å². The monoisotopic (exact) mass is 638 g/mol. The number of amides is 2. The molecule has 0 aliphatic carbocycles. The average Bonchev–Trinajstić information content (AvgIpc) is 3.67. The Bertz CT molecular complexity index is 1520. The molecule has 46 heavy (non-hydrogen) atoms. The Balaban J connectivity index is 1.46. The van der Waals surface area contributed by atoms with Gasteiger partial charge in [0.1, 0.15) is 18.5 Å². The van der Waals surface area contributed by atoms with E-state index in [1.54, 1.807) is 22.8 Å². The van der Waals surface area contributed by atoms with Gasteiger partial charge in [-0.05, 0) is 84.2 Å². The second kappa shape index (κ2) is 13.3. The van der Waals surface area contributed by atoms with Crippen LogP contribution in [-0.4, -0.2) is 86.8 Å². The van der Waals surface area contributed by atoms with Crippen molar-refractivity contribution >= 4 is 22.9 Å². The molecule has 6 unspecified atom stereocenters. The third-order valence-electron chi connectivity index (χ3n) is 8.49. The number of aromatic nitrogens is 1. The second-order valence-electron chi connectivity index (χ2n) is 14.3. The Morgan fingerprint density at radius 3 is 2.41 bits per heavy atom. The summed E-state index contributed by atoms with van der Waals surface area (Å²) in [5, 5.41) is 14.6. The molecule has 1 aromatic heterocycles. The quantitative estimate of drug-likeness (QED) is 0.274. The molecule has 2 amide bonds. The highest BCUT2D eigenvalue weighted by molar-refractivity contribution is 5.86. The first-order chi connectivity index (χ1) is 21.6. The molecule has 11 heteroatoms. The largest absolute Gasteiger partial charge is 0.445 e. The van der Waals surface area contributed by atoms with E-state index in [4.69, 9.17) is 14.2 Å². The third-order valence-corrected chi connectivity index (χ3v) is 8.49. The van der Waals surface area contributed by atoms with Crippen LogP contribution in [0.15, 0.2) is 54.7 Å². The van der Waals surface area contributed by atoms with Crippen LogP contribution in [0, 0.1) is 5.82 Å². The van der Waals surface area contributed by atoms with Gasteiger partial charge >= 0.3 is 6.09 Å². The highest BCUT2D eigenvalue weighted by atomic mass is 19.1. The lowest BCUT2D eigenvalue weighted by Gasteiger charge is -2.37. The second-order valence-corrected chi connectivity index (χ2v) is 14.3. The summed E-state index contributed by atoms with van der Waals surface area (Å²) in [5.74, 6) is -0.904. The summed E-state index contributed by atoms with van der Waals surface area (Å²) in [6.45, 7) is 13.8. The van der Waals surface area contributed by atoms with Crippen LogP contribution in [0.2, 0.25) is 0 Å². The Kier molecular flexibility index (Phi) is 9.79. The molecule has 2 aliphatic heterocycles. The molecule has 6 atom stereocenters. The number of halogens is 1. The highest BCUT2D eigenvalue weighted by Gasteiger charge is 2.54. The summed E-state index contributed by atoms with van der Waals surface area (Å²) in [4.78, 5) is 34.8. The number of H-pyrrole nitrogens is 1. The number of carbonyl (C=O) groups is 2. The van der Waals surface area contributed by atoms with E-state index >= 15 is 0 Å². The van der Waals surface area contributed by atoms with Gasteiger partial charge in [0.15, 0.2) is 0 Å². The summed E-state index contributed by atoms with van der Waals surface area (Å²) in [5.41, 5.74) is 1.18. The van der Waals surface area contributed by atoms with E-state index in [0.717, 1.165) is 16.5 Å². The van der Waals surface area contributed by atoms with E-state index in [1.807, 2.05) is 78.1 Å². The third kappa shape index (κ3) is 7.71. The van der Waals surface area contributed by atoms with Gasteiger partial charge in [0, 0.05) is 36.1 Å². The summed E-state index contributed by atoms with van der Waals surface area (Å²) < 4.78 is 31.8. The van der Waals surface area contributed by atoms with Crippen molar-refractivity contribution < 1.29 is 33.3 Å². The molecule has 2 aromatic carbocycles. The number of carbonyl (C=O) groups excluding carboxylic acids is 2. The average molecular weight is 639 g/mol. The van der Waals surface area contributed by atoms with Crippen molar-refractivity contribution in [3.63, 3.8) is 0 Å². The van der Waals surface area contributed by atoms with Crippen molar-refractivity contribution in [2.45, 2.75) is 109 Å². The fourth-order valence-corrected chi connectivity index (χ4v) is 6.79. The zero-order valence-electron chi connectivity index (χ0n) is 27.7. The Morgan fingerprint density at radius 1 is 1.04 bits per heavy atom. The summed E-state index contributed by atoms with van der Waals surface area (Å²) in [6, 6.07) is 12.4. The van der Waals surface area contributed by atoms with E-state index in [1.165, 1.54) is 12.1 Å². The lowest BCUT2D eigenvalue weighted by molar-refractivity contribution is -0.196. The number of likely N-dealkylation sites (tertiary alicyclic amines) is 2. The van der Waals surface area contributed by atoms with Gasteiger partial charge in [-0.25, -0.2) is 9.18 Å². The molecule has 2 saturated heterocycles. The van der Waals surface area contributed by atoms with Gasteiger partial charge < -0.3 is 34.1 Å². The number of aromatic amines is 1. The topological polar surface area (TPSA) is 116 Å². The van der Waals surface area contributed by atoms with E-state index in [9.17, 15) is 19.1 Å². The van der Waals surface area contributed by atoms with Crippen LogP contribution in [0.1, 0.15) is 71.9 Å². The predicted octanol–water partition coefficient (Wildman–Crippen LogP) is 5.27. The molecule has 0 spiro atoms. The van der Waals surface area contributed by atoms with Crippen LogP contribution in [0.25, 0.3) is 10.9 Å². The zero-order chi connectivity index (χ0) is 33.4. The first-order valence-electron chi connectivity index (χ1n) is 16.0. The lowest BCUT2D eigenvalue weighted by atomic mass is 9.91. The number of nitrogens with one attached hydrogen (secondary N) is 2. The predicted molar refractivity (Wildman–Crippen MR) is 172 cm³/mol. The molecule has 0 saturated carbocycles. The number of hydrogen-bond acceptors (Lipinski definition) is 7. The summed E-state index contributed by atoms with van der Waals surface area (Å²) in [7, 11) is 0. The molecular weight excluding hydrogens is 591 g/mol. The van der Waals surface area contributed by atoms with Crippen LogP contribution in [0.4, 0.5) is 9.18 Å². The van der Waals surface area contributed by atoms with Gasteiger partial charge in [-0.15, -0.1) is 0 Å². The maximum absolute atomic E-state index is 14.6. The molecule has 0 radical (unpaired) electrons. The Hall–Kier alpha value is -3.51. The minimum absolute atomic E-state index is 0.131. The normalized spacial score (nSPS) is 22.2. The summed E-state index contributed by atoms with van der Waals surface area (Å²) >= 11 is 0. The smallest absolute Gasteiger partial charge is 0.410 e. The van der Waals surface area contributed by atoms with Gasteiger partial charge in [-0.3, -0.25) is 10.1 Å². The minimum Gasteiger partial charge on any atom is -0.445 e. The molecule has 10 nitrogen and oxygen atoms in total. The zero-order valence-corrected chi connectivity index (χ0v) is 27.7. The number of fused-ring (bicyclic) bond motifs is 2. The molecule has 3 N–H and O–H groups in total. The standard InChI is InChI=1S/C35H47FN4O6/c1-21(45-34(2,3)4)29(38-32(42)46-35(5,6)7)31(41)39-16-15-28-30(39)26(25-18-37-27-17-23(36)13-14-24(25)27)19-40(28)33(43)44-20-22-11-9-8-10-12-22/h8-14,17-18,21,26,28-30,32,37-38,42H,15-16,19-20H2,1-7H3. The molecule has 3 heterocycles. The SMILES string of the molecule is CC(OC(C)(C)C)C(NC(O)OC(C)(C)C)C(=O)N1CCC2C1C(c1c[nH]c3cc(F)ccc13)CN2C(=O)OCc1ccccc1. The van der Waals surface area contributed by atoms with Crippen molar-refractivity contribution in [1.82, 2.24) is 20.1 Å². The molecular formula is C35H47FN4O6. The Labute approximate surface area is 270 Å². The maximum Gasteiger partial charge on any atom is 0.410 e. The minimum atomic E-state index is -1.43. The van der Waals surface area contributed by atoms with Crippen LogP contribution in [0.5, 0.6) is 0 Å². The van der Waals surface area contributed by atoms with Gasteiger partial charge in [0.05, 0.1) is 29.4 Å². The fourth-order valence-electron chi connectivity index (χ4n) is 6.79. The van der Waals surface area contributed by atoms with Crippen LogP contribution in [0.3, 0.4) is 0 Å². The summed E-state index contributed by atoms with van der Waals surface area (Å²) in [6.07, 6.45) is -0.117. The number of nitrogens with zero attached hydrogens (tertiary/aromatic N) is 2. The van der Waals surface area contributed by atoms with E-state index in [-0.39, 0.29) is 30.3 Å². The van der Waals surface area contributed by atoms with Crippen LogP contribution in [-0.2, 0) is 25.6 Å². The van der Waals surface area contributed by atoms with Crippen molar-refractivity contribution in [2.75, 3.05) is 13.1 Å². The van der Waals surface area contributed by atoms with E-state index in [2.05, 4.69) is 10.3 Å². The maximum atomic E-state index is 14.6. The highest BCUT2D eigenvalue weighted by Crippen LogP contribution is 2.44. The molecule has 5 rings (SSSR count). The van der Waals surface area contributed by atoms with Gasteiger partial charge in [-0.1, -0.05) is 30.3 Å². The number of aliphatic hydroxyl groups excluding tert-OH is 1.